The summed E-state index contributed by atoms with van der Waals surface area (Å²) in [6.45, 7) is 14.0. The van der Waals surface area contributed by atoms with Crippen molar-refractivity contribution in [3.05, 3.63) is 0 Å². The third-order valence-corrected chi connectivity index (χ3v) is 17.6. The van der Waals surface area contributed by atoms with Crippen molar-refractivity contribution in [2.75, 3.05) is 39.6 Å². The van der Waals surface area contributed by atoms with Crippen molar-refractivity contribution in [2.24, 2.45) is 23.7 Å². The molecule has 0 heterocycles. The zero-order valence-corrected chi connectivity index (χ0v) is 57.7. The lowest BCUT2D eigenvalue weighted by molar-refractivity contribution is -0.161. The SMILES string of the molecule is CCC(C)CCCCCCCCC(=O)OC[C@H](COP(=O)(O)OC[C@H](O)COP(=O)(O)OC[C@@H](COC(=O)CCCCCCCCCCC(C)C)OC(=O)CCCCCCCCCCCCCCC(C)C)OC(=O)CCCCCCCCCC(C)C. The van der Waals surface area contributed by atoms with Gasteiger partial charge in [-0.05, 0) is 49.4 Å². The summed E-state index contributed by atoms with van der Waals surface area (Å²) in [7, 11) is -9.90. The highest BCUT2D eigenvalue weighted by Gasteiger charge is 2.30. The van der Waals surface area contributed by atoms with Gasteiger partial charge >= 0.3 is 39.5 Å². The molecule has 3 unspecified atom stereocenters. The van der Waals surface area contributed by atoms with Crippen molar-refractivity contribution in [3.63, 3.8) is 0 Å². The van der Waals surface area contributed by atoms with Crippen LogP contribution in [0.25, 0.3) is 0 Å². The van der Waals surface area contributed by atoms with Gasteiger partial charge in [-0.2, -0.15) is 0 Å². The normalized spacial score (nSPS) is 14.7. The average Bonchev–Trinajstić information content (AvgIpc) is 3.65. The van der Waals surface area contributed by atoms with Gasteiger partial charge < -0.3 is 33.8 Å². The lowest BCUT2D eigenvalue weighted by Gasteiger charge is -2.21. The smallest absolute Gasteiger partial charge is 0.462 e. The lowest BCUT2D eigenvalue weighted by atomic mass is 10.00. The lowest BCUT2D eigenvalue weighted by Crippen LogP contribution is -2.30. The first-order valence-corrected chi connectivity index (χ1v) is 37.7. The molecule has 0 aliphatic rings. The van der Waals surface area contributed by atoms with E-state index in [1.165, 1.54) is 122 Å². The van der Waals surface area contributed by atoms with Crippen LogP contribution in [-0.4, -0.2) is 96.7 Å². The predicted molar refractivity (Wildman–Crippen MR) is 344 cm³/mol. The molecule has 0 spiro atoms. The van der Waals surface area contributed by atoms with E-state index >= 15 is 0 Å². The van der Waals surface area contributed by atoms with E-state index in [-0.39, 0.29) is 25.7 Å². The molecule has 0 fully saturated rings. The number of carbonyl (C=O) groups excluding carboxylic acids is 4. The minimum absolute atomic E-state index is 0.102. The molecule has 0 aliphatic carbocycles. The number of rotatable bonds is 64. The molecule has 0 saturated heterocycles. The number of esters is 4. The van der Waals surface area contributed by atoms with Crippen LogP contribution in [0.1, 0.15) is 325 Å². The quantitative estimate of drug-likeness (QED) is 0.0222. The number of hydrogen-bond donors (Lipinski definition) is 3. The van der Waals surface area contributed by atoms with Crippen LogP contribution in [-0.2, 0) is 65.4 Å². The Morgan fingerprint density at radius 3 is 0.826 bits per heavy atom. The second-order valence-corrected chi connectivity index (χ2v) is 28.8. The molecule has 0 aliphatic heterocycles. The van der Waals surface area contributed by atoms with Crippen LogP contribution in [0.2, 0.25) is 0 Å². The summed E-state index contributed by atoms with van der Waals surface area (Å²) in [4.78, 5) is 72.3. The Kier molecular flexibility index (Phi) is 55.7. The van der Waals surface area contributed by atoms with E-state index in [9.17, 15) is 43.2 Å². The highest BCUT2D eigenvalue weighted by atomic mass is 31.2. The van der Waals surface area contributed by atoms with Crippen molar-refractivity contribution in [1.82, 2.24) is 0 Å². The van der Waals surface area contributed by atoms with E-state index in [0.29, 0.717) is 31.6 Å². The summed E-state index contributed by atoms with van der Waals surface area (Å²) in [5.41, 5.74) is 0. The second kappa shape index (κ2) is 57.0. The molecule has 0 saturated carbocycles. The van der Waals surface area contributed by atoms with Gasteiger partial charge in [0.05, 0.1) is 26.4 Å². The topological polar surface area (TPSA) is 237 Å². The molecule has 19 heteroatoms. The van der Waals surface area contributed by atoms with Crippen molar-refractivity contribution in [2.45, 2.75) is 343 Å². The first-order chi connectivity index (χ1) is 41.1. The second-order valence-electron chi connectivity index (χ2n) is 25.9. The van der Waals surface area contributed by atoms with E-state index in [1.54, 1.807) is 0 Å². The Morgan fingerprint density at radius 1 is 0.326 bits per heavy atom. The van der Waals surface area contributed by atoms with Gasteiger partial charge in [0.2, 0.25) is 0 Å². The maximum absolute atomic E-state index is 13.0. The Labute approximate surface area is 524 Å². The number of phosphoric acid groups is 2. The molecule has 0 aromatic carbocycles. The molecule has 3 N–H and O–H groups in total. The largest absolute Gasteiger partial charge is 0.472 e. The zero-order chi connectivity index (χ0) is 63.9. The molecule has 0 rings (SSSR count). The number of unbranched alkanes of at least 4 members (excludes halogenated alkanes) is 29. The fourth-order valence-electron chi connectivity index (χ4n) is 9.93. The Balaban J connectivity index is 5.25. The van der Waals surface area contributed by atoms with Crippen LogP contribution in [0.4, 0.5) is 0 Å². The van der Waals surface area contributed by atoms with Gasteiger partial charge in [0, 0.05) is 25.7 Å². The summed E-state index contributed by atoms with van der Waals surface area (Å²) in [5, 5.41) is 10.6. The molecule has 17 nitrogen and oxygen atoms in total. The summed E-state index contributed by atoms with van der Waals surface area (Å²) >= 11 is 0. The van der Waals surface area contributed by atoms with E-state index < -0.39 is 97.5 Å². The highest BCUT2D eigenvalue weighted by molar-refractivity contribution is 7.47. The summed E-state index contributed by atoms with van der Waals surface area (Å²) in [6, 6.07) is 0. The van der Waals surface area contributed by atoms with E-state index in [2.05, 4.69) is 55.4 Å². The average molecular weight is 1270 g/mol. The minimum Gasteiger partial charge on any atom is -0.462 e. The van der Waals surface area contributed by atoms with Crippen LogP contribution in [0.15, 0.2) is 0 Å². The van der Waals surface area contributed by atoms with Crippen molar-refractivity contribution in [3.8, 4) is 0 Å². The fourth-order valence-corrected chi connectivity index (χ4v) is 11.5. The molecule has 0 radical (unpaired) electrons. The number of ether oxygens (including phenoxy) is 4. The van der Waals surface area contributed by atoms with Gasteiger partial charge in [-0.3, -0.25) is 37.3 Å². The van der Waals surface area contributed by atoms with Crippen molar-refractivity contribution >= 4 is 39.5 Å². The van der Waals surface area contributed by atoms with Gasteiger partial charge in [0.1, 0.15) is 19.3 Å². The highest BCUT2D eigenvalue weighted by Crippen LogP contribution is 2.45. The van der Waals surface area contributed by atoms with Crippen LogP contribution in [0.5, 0.6) is 0 Å². The molecule has 0 aromatic rings. The molecule has 0 amide bonds. The minimum atomic E-state index is -4.95. The molecule has 6 atom stereocenters. The Morgan fingerprint density at radius 2 is 0.558 bits per heavy atom. The first-order valence-electron chi connectivity index (χ1n) is 34.7. The molecule has 0 bridgehead atoms. The third kappa shape index (κ3) is 59.7. The van der Waals surface area contributed by atoms with Gasteiger partial charge in [-0.15, -0.1) is 0 Å². The number of aliphatic hydroxyl groups is 1. The van der Waals surface area contributed by atoms with Crippen molar-refractivity contribution < 1.29 is 80.2 Å². The summed E-state index contributed by atoms with van der Waals surface area (Å²) < 4.78 is 68.1. The van der Waals surface area contributed by atoms with Crippen LogP contribution in [0, 0.1) is 23.7 Å². The number of aliphatic hydroxyl groups excluding tert-OH is 1. The van der Waals surface area contributed by atoms with Gasteiger partial charge in [-0.1, -0.05) is 274 Å². The standard InChI is InChI=1S/C67H130O17P2/c1-9-60(8)46-38-30-25-26-32-40-48-65(70)78-54-63(84-67(72)50-42-34-24-18-21-29-37-45-59(6)7)56-82-86(75,76)80-52-61(68)51-79-85(73,74)81-55-62(53-77-64(69)47-39-31-22-17-16-20-28-36-44-58(4)5)83-66(71)49-41-33-23-15-13-11-10-12-14-19-27-35-43-57(2)3/h57-63,68H,9-56H2,1-8H3,(H,73,74)(H,75,76)/t60?,61-,62-,63-/m1/s1. The zero-order valence-electron chi connectivity index (χ0n) is 55.9. The van der Waals surface area contributed by atoms with Gasteiger partial charge in [0.25, 0.3) is 0 Å². The predicted octanol–water partition coefficient (Wildman–Crippen LogP) is 18.5. The van der Waals surface area contributed by atoms with Gasteiger partial charge in [-0.25, -0.2) is 9.13 Å². The summed E-state index contributed by atoms with van der Waals surface area (Å²) in [6.07, 6.45) is 37.7. The molecular weight excluding hydrogens is 1140 g/mol. The molecule has 0 aromatic heterocycles. The summed E-state index contributed by atoms with van der Waals surface area (Å²) in [5.74, 6) is 0.793. The maximum atomic E-state index is 13.0. The van der Waals surface area contributed by atoms with E-state index in [0.717, 1.165) is 114 Å². The number of phosphoric ester groups is 2. The number of hydrogen-bond acceptors (Lipinski definition) is 15. The van der Waals surface area contributed by atoms with Crippen LogP contribution in [0.3, 0.4) is 0 Å². The third-order valence-electron chi connectivity index (χ3n) is 15.7. The monoisotopic (exact) mass is 1270 g/mol. The maximum Gasteiger partial charge on any atom is 0.472 e. The van der Waals surface area contributed by atoms with Crippen LogP contribution < -0.4 is 0 Å². The Hall–Kier alpha value is -1.94. The molecule has 86 heavy (non-hydrogen) atoms. The first kappa shape index (κ1) is 84.1. The molecule has 510 valence electrons. The van der Waals surface area contributed by atoms with Crippen molar-refractivity contribution in [1.29, 1.82) is 0 Å². The fraction of sp³-hybridized carbons (Fsp3) is 0.940. The van der Waals surface area contributed by atoms with E-state index in [1.807, 2.05) is 0 Å². The van der Waals surface area contributed by atoms with E-state index in [4.69, 9.17) is 37.0 Å². The Bertz CT molecular complexity index is 1720. The van der Waals surface area contributed by atoms with Gasteiger partial charge in [0.15, 0.2) is 12.2 Å². The molecular formula is C67H130O17P2. The number of carbonyl (C=O) groups is 4. The van der Waals surface area contributed by atoms with Crippen LogP contribution >= 0.6 is 15.6 Å².